The highest BCUT2D eigenvalue weighted by Gasteiger charge is 2.23. The van der Waals surface area contributed by atoms with E-state index >= 15 is 0 Å². The zero-order chi connectivity index (χ0) is 15.1. The molecule has 6 nitrogen and oxygen atoms in total. The summed E-state index contributed by atoms with van der Waals surface area (Å²) in [6.07, 6.45) is 1.43. The third-order valence-electron chi connectivity index (χ3n) is 3.31. The van der Waals surface area contributed by atoms with Crippen molar-refractivity contribution in [3.8, 4) is 0 Å². The molecule has 0 radical (unpaired) electrons. The van der Waals surface area contributed by atoms with Gasteiger partial charge in [0.1, 0.15) is 0 Å². The van der Waals surface area contributed by atoms with E-state index in [0.29, 0.717) is 31.8 Å². The van der Waals surface area contributed by atoms with Gasteiger partial charge < -0.3 is 20.3 Å². The maximum absolute atomic E-state index is 11.9. The van der Waals surface area contributed by atoms with E-state index in [1.54, 1.807) is 12.0 Å². The van der Waals surface area contributed by atoms with Crippen LogP contribution in [0.5, 0.6) is 0 Å². The fourth-order valence-corrected chi connectivity index (χ4v) is 2.29. The maximum Gasteiger partial charge on any atom is 0.238 e. The molecule has 1 saturated heterocycles. The minimum absolute atomic E-state index is 0. The topological polar surface area (TPSA) is 70.7 Å². The molecule has 1 heterocycles. The van der Waals surface area contributed by atoms with Crippen molar-refractivity contribution in [1.29, 1.82) is 0 Å². The van der Waals surface area contributed by atoms with Crippen LogP contribution < -0.4 is 15.5 Å². The lowest BCUT2D eigenvalue weighted by molar-refractivity contribution is -0.117. The molecule has 122 valence electrons. The van der Waals surface area contributed by atoms with Crippen molar-refractivity contribution in [3.05, 3.63) is 24.3 Å². The number of benzene rings is 1. The van der Waals surface area contributed by atoms with Gasteiger partial charge in [0, 0.05) is 26.6 Å². The molecule has 2 amide bonds. The SMILES string of the molecule is COCCNCC(=O)Nc1ccccc1N1CCCC1=O.Cl. The number of amides is 2. The minimum Gasteiger partial charge on any atom is -0.383 e. The highest BCUT2D eigenvalue weighted by molar-refractivity contribution is 6.02. The number of nitrogens with zero attached hydrogens (tertiary/aromatic N) is 1. The molecule has 1 aliphatic rings. The predicted octanol–water partition coefficient (Wildman–Crippen LogP) is 1.41. The van der Waals surface area contributed by atoms with Gasteiger partial charge in [0.2, 0.25) is 11.8 Å². The van der Waals surface area contributed by atoms with E-state index in [4.69, 9.17) is 4.74 Å². The first-order chi connectivity index (χ1) is 10.2. The quantitative estimate of drug-likeness (QED) is 0.743. The van der Waals surface area contributed by atoms with Crippen LogP contribution in [0.25, 0.3) is 0 Å². The van der Waals surface area contributed by atoms with Gasteiger partial charge in [0.05, 0.1) is 24.5 Å². The van der Waals surface area contributed by atoms with Gasteiger partial charge >= 0.3 is 0 Å². The summed E-state index contributed by atoms with van der Waals surface area (Å²) in [7, 11) is 1.62. The summed E-state index contributed by atoms with van der Waals surface area (Å²) in [4.78, 5) is 25.5. The van der Waals surface area contributed by atoms with E-state index in [2.05, 4.69) is 10.6 Å². The molecule has 0 aromatic heterocycles. The summed E-state index contributed by atoms with van der Waals surface area (Å²) in [5.74, 6) is -0.0277. The van der Waals surface area contributed by atoms with Crippen LogP contribution >= 0.6 is 12.4 Å². The third-order valence-corrected chi connectivity index (χ3v) is 3.31. The molecule has 0 spiro atoms. The summed E-state index contributed by atoms with van der Waals surface area (Å²) < 4.78 is 4.90. The Labute approximate surface area is 136 Å². The first-order valence-electron chi connectivity index (χ1n) is 7.11. The summed E-state index contributed by atoms with van der Waals surface area (Å²) >= 11 is 0. The average molecular weight is 328 g/mol. The monoisotopic (exact) mass is 327 g/mol. The number of ether oxygens (including phenoxy) is 1. The van der Waals surface area contributed by atoms with E-state index < -0.39 is 0 Å². The van der Waals surface area contributed by atoms with E-state index in [9.17, 15) is 9.59 Å². The van der Waals surface area contributed by atoms with E-state index in [0.717, 1.165) is 12.1 Å². The molecular weight excluding hydrogens is 306 g/mol. The standard InChI is InChI=1S/C15H21N3O3.ClH/c1-21-10-8-16-11-14(19)17-12-5-2-3-6-13(12)18-9-4-7-15(18)20;/h2-3,5-6,16H,4,7-11H2,1H3,(H,17,19);1H. The number of halogens is 1. The highest BCUT2D eigenvalue weighted by Crippen LogP contribution is 2.29. The van der Waals surface area contributed by atoms with Crippen LogP contribution in [0.2, 0.25) is 0 Å². The van der Waals surface area contributed by atoms with Gasteiger partial charge in [-0.05, 0) is 18.6 Å². The smallest absolute Gasteiger partial charge is 0.238 e. The van der Waals surface area contributed by atoms with E-state index in [1.165, 1.54) is 0 Å². The zero-order valence-corrected chi connectivity index (χ0v) is 13.4. The molecule has 22 heavy (non-hydrogen) atoms. The van der Waals surface area contributed by atoms with E-state index in [1.807, 2.05) is 24.3 Å². The molecule has 1 aliphatic heterocycles. The first kappa shape index (κ1) is 18.4. The van der Waals surface area contributed by atoms with Gasteiger partial charge in [0.25, 0.3) is 0 Å². The van der Waals surface area contributed by atoms with Crippen LogP contribution in [0.1, 0.15) is 12.8 Å². The van der Waals surface area contributed by atoms with Crippen molar-refractivity contribution in [2.75, 3.05) is 43.6 Å². The Kier molecular flexibility index (Phi) is 7.87. The third kappa shape index (κ3) is 4.98. The van der Waals surface area contributed by atoms with Crippen molar-refractivity contribution < 1.29 is 14.3 Å². The van der Waals surface area contributed by atoms with Crippen LogP contribution in [0.15, 0.2) is 24.3 Å². The summed E-state index contributed by atoms with van der Waals surface area (Å²) in [5, 5.41) is 5.84. The van der Waals surface area contributed by atoms with Gasteiger partial charge in [-0.3, -0.25) is 9.59 Å². The number of anilines is 2. The number of rotatable bonds is 7. The average Bonchev–Trinajstić information content (AvgIpc) is 2.90. The van der Waals surface area contributed by atoms with Crippen LogP contribution in [-0.4, -0.2) is 45.2 Å². The van der Waals surface area contributed by atoms with Crippen LogP contribution in [0.4, 0.5) is 11.4 Å². The number of carbonyl (C=O) groups is 2. The largest absolute Gasteiger partial charge is 0.383 e. The Morgan fingerprint density at radius 2 is 2.14 bits per heavy atom. The van der Waals surface area contributed by atoms with Gasteiger partial charge in [-0.15, -0.1) is 12.4 Å². The van der Waals surface area contributed by atoms with Crippen molar-refractivity contribution in [1.82, 2.24) is 5.32 Å². The van der Waals surface area contributed by atoms with Crippen molar-refractivity contribution in [2.45, 2.75) is 12.8 Å². The second-order valence-corrected chi connectivity index (χ2v) is 4.88. The van der Waals surface area contributed by atoms with Crippen molar-refractivity contribution >= 4 is 35.6 Å². The molecule has 0 saturated carbocycles. The van der Waals surface area contributed by atoms with Crippen LogP contribution in [0, 0.1) is 0 Å². The number of hydrogen-bond donors (Lipinski definition) is 2. The number of hydrogen-bond acceptors (Lipinski definition) is 4. The van der Waals surface area contributed by atoms with Crippen LogP contribution in [-0.2, 0) is 14.3 Å². The maximum atomic E-state index is 11.9. The van der Waals surface area contributed by atoms with Gasteiger partial charge in [-0.1, -0.05) is 12.1 Å². The highest BCUT2D eigenvalue weighted by atomic mass is 35.5. The second-order valence-electron chi connectivity index (χ2n) is 4.88. The Morgan fingerprint density at radius 3 is 2.82 bits per heavy atom. The van der Waals surface area contributed by atoms with Crippen molar-refractivity contribution in [3.63, 3.8) is 0 Å². The van der Waals surface area contributed by atoms with E-state index in [-0.39, 0.29) is 30.8 Å². The van der Waals surface area contributed by atoms with Crippen LogP contribution in [0.3, 0.4) is 0 Å². The predicted molar refractivity (Wildman–Crippen MR) is 88.7 cm³/mol. The number of methoxy groups -OCH3 is 1. The molecule has 0 atom stereocenters. The molecule has 7 heteroatoms. The molecule has 2 rings (SSSR count). The fourth-order valence-electron chi connectivity index (χ4n) is 2.29. The fraction of sp³-hybridized carbons (Fsp3) is 0.467. The van der Waals surface area contributed by atoms with Gasteiger partial charge in [-0.2, -0.15) is 0 Å². The number of nitrogens with one attached hydrogen (secondary N) is 2. The Balaban J connectivity index is 0.00000242. The zero-order valence-electron chi connectivity index (χ0n) is 12.6. The molecular formula is C15H22ClN3O3. The second kappa shape index (κ2) is 9.40. The number of para-hydroxylation sites is 2. The minimum atomic E-state index is -0.134. The molecule has 0 bridgehead atoms. The normalized spacial score (nSPS) is 13.9. The summed E-state index contributed by atoms with van der Waals surface area (Å²) in [5.41, 5.74) is 1.44. The first-order valence-corrected chi connectivity index (χ1v) is 7.11. The lowest BCUT2D eigenvalue weighted by Crippen LogP contribution is -2.31. The molecule has 2 N–H and O–H groups in total. The molecule has 0 unspecified atom stereocenters. The lowest BCUT2D eigenvalue weighted by Gasteiger charge is -2.20. The Hall–Kier alpha value is -1.63. The summed E-state index contributed by atoms with van der Waals surface area (Å²) in [6, 6.07) is 7.39. The van der Waals surface area contributed by atoms with Gasteiger partial charge in [-0.25, -0.2) is 0 Å². The molecule has 1 aromatic rings. The molecule has 0 aliphatic carbocycles. The Bertz CT molecular complexity index is 511. The lowest BCUT2D eigenvalue weighted by atomic mass is 10.2. The van der Waals surface area contributed by atoms with Crippen molar-refractivity contribution in [2.24, 2.45) is 0 Å². The molecule has 1 fully saturated rings. The molecule has 1 aromatic carbocycles. The summed E-state index contributed by atoms with van der Waals surface area (Å²) in [6.45, 7) is 2.10. The Morgan fingerprint density at radius 1 is 1.36 bits per heavy atom. The van der Waals surface area contributed by atoms with Gasteiger partial charge in [0.15, 0.2) is 0 Å². The number of carbonyl (C=O) groups excluding carboxylic acids is 2.